The number of benzene rings is 1. The Bertz CT molecular complexity index is 768. The Balaban J connectivity index is 2.03. The van der Waals surface area contributed by atoms with Crippen LogP contribution in [0.25, 0.3) is 11.0 Å². The zero-order valence-electron chi connectivity index (χ0n) is 12.0. The molecule has 108 valence electrons. The maximum absolute atomic E-state index is 13.8. The summed E-state index contributed by atoms with van der Waals surface area (Å²) in [6, 6.07) is 8.55. The van der Waals surface area contributed by atoms with Gasteiger partial charge in [-0.25, -0.2) is 14.1 Å². The van der Waals surface area contributed by atoms with Gasteiger partial charge in [-0.15, -0.1) is 5.10 Å². The molecule has 0 spiro atoms. The van der Waals surface area contributed by atoms with Gasteiger partial charge in [0.05, 0.1) is 12.1 Å². The molecule has 1 aromatic carbocycles. The number of anilines is 1. The fraction of sp³-hybridized carbons (Fsp3) is 0.267. The molecule has 0 saturated carbocycles. The van der Waals surface area contributed by atoms with Crippen molar-refractivity contribution in [2.24, 2.45) is 0 Å². The minimum Gasteiger partial charge on any atom is -0.358 e. The molecule has 0 aliphatic heterocycles. The van der Waals surface area contributed by atoms with Crippen LogP contribution < -0.4 is 4.90 Å². The van der Waals surface area contributed by atoms with Gasteiger partial charge in [-0.3, -0.25) is 0 Å². The summed E-state index contributed by atoms with van der Waals surface area (Å²) >= 11 is 0. The molecule has 0 fully saturated rings. The van der Waals surface area contributed by atoms with Gasteiger partial charge < -0.3 is 4.90 Å². The zero-order chi connectivity index (χ0) is 14.8. The van der Waals surface area contributed by atoms with E-state index in [9.17, 15) is 4.39 Å². The van der Waals surface area contributed by atoms with E-state index in [1.807, 2.05) is 31.0 Å². The second kappa shape index (κ2) is 5.47. The van der Waals surface area contributed by atoms with Crippen molar-refractivity contribution in [3.05, 3.63) is 47.9 Å². The van der Waals surface area contributed by atoms with Gasteiger partial charge in [-0.05, 0) is 19.1 Å². The van der Waals surface area contributed by atoms with Crippen LogP contribution in [0.1, 0.15) is 12.5 Å². The maximum atomic E-state index is 13.8. The predicted octanol–water partition coefficient (Wildman–Crippen LogP) is 2.47. The van der Waals surface area contributed by atoms with Crippen LogP contribution in [0.2, 0.25) is 0 Å². The SMILES string of the molecule is CCN(C)c1nccc2c1nnn2Cc1ccccc1F. The lowest BCUT2D eigenvalue weighted by atomic mass is 10.2. The van der Waals surface area contributed by atoms with Gasteiger partial charge in [-0.2, -0.15) is 0 Å². The molecule has 0 saturated heterocycles. The number of hydrogen-bond acceptors (Lipinski definition) is 4. The van der Waals surface area contributed by atoms with E-state index in [4.69, 9.17) is 0 Å². The number of rotatable bonds is 4. The van der Waals surface area contributed by atoms with Crippen LogP contribution in [0.3, 0.4) is 0 Å². The Hall–Kier alpha value is -2.50. The molecule has 0 aliphatic carbocycles. The molecule has 0 radical (unpaired) electrons. The topological polar surface area (TPSA) is 46.8 Å². The van der Waals surface area contributed by atoms with E-state index in [0.29, 0.717) is 12.1 Å². The lowest BCUT2D eigenvalue weighted by Crippen LogP contribution is -2.17. The Morgan fingerprint density at radius 3 is 2.81 bits per heavy atom. The predicted molar refractivity (Wildman–Crippen MR) is 79.8 cm³/mol. The molecule has 0 aliphatic rings. The van der Waals surface area contributed by atoms with Crippen LogP contribution in [0.15, 0.2) is 36.5 Å². The molecule has 5 nitrogen and oxygen atoms in total. The third-order valence-electron chi connectivity index (χ3n) is 3.53. The summed E-state index contributed by atoms with van der Waals surface area (Å²) in [6.45, 7) is 3.22. The smallest absolute Gasteiger partial charge is 0.158 e. The Labute approximate surface area is 122 Å². The van der Waals surface area contributed by atoms with Gasteiger partial charge in [0, 0.05) is 25.4 Å². The molecule has 2 heterocycles. The highest BCUT2D eigenvalue weighted by molar-refractivity contribution is 5.85. The molecule has 2 aromatic heterocycles. The molecule has 0 atom stereocenters. The van der Waals surface area contributed by atoms with E-state index in [1.54, 1.807) is 23.0 Å². The molecule has 0 N–H and O–H groups in total. The normalized spacial score (nSPS) is 11.0. The first kappa shape index (κ1) is 13.5. The fourth-order valence-electron chi connectivity index (χ4n) is 2.22. The summed E-state index contributed by atoms with van der Waals surface area (Å²) in [4.78, 5) is 6.36. The van der Waals surface area contributed by atoms with E-state index in [-0.39, 0.29) is 5.82 Å². The van der Waals surface area contributed by atoms with Crippen LogP contribution in [-0.4, -0.2) is 33.6 Å². The highest BCUT2D eigenvalue weighted by Gasteiger charge is 2.13. The first-order valence-corrected chi connectivity index (χ1v) is 6.83. The van der Waals surface area contributed by atoms with Crippen molar-refractivity contribution in [2.45, 2.75) is 13.5 Å². The van der Waals surface area contributed by atoms with Crippen LogP contribution >= 0.6 is 0 Å². The van der Waals surface area contributed by atoms with Gasteiger partial charge >= 0.3 is 0 Å². The molecule has 0 bridgehead atoms. The Kier molecular flexibility index (Phi) is 3.51. The van der Waals surface area contributed by atoms with E-state index >= 15 is 0 Å². The summed E-state index contributed by atoms with van der Waals surface area (Å²) in [5.74, 6) is 0.552. The largest absolute Gasteiger partial charge is 0.358 e. The number of aromatic nitrogens is 4. The molecule has 0 amide bonds. The molecule has 3 aromatic rings. The molecular weight excluding hydrogens is 269 g/mol. The van der Waals surface area contributed by atoms with Crippen molar-refractivity contribution >= 4 is 16.9 Å². The highest BCUT2D eigenvalue weighted by Crippen LogP contribution is 2.21. The third-order valence-corrected chi connectivity index (χ3v) is 3.53. The van der Waals surface area contributed by atoms with E-state index in [1.165, 1.54) is 6.07 Å². The van der Waals surface area contributed by atoms with Crippen molar-refractivity contribution in [3.63, 3.8) is 0 Å². The molecule has 6 heteroatoms. The molecule has 21 heavy (non-hydrogen) atoms. The molecular formula is C15H16FN5. The van der Waals surface area contributed by atoms with Crippen molar-refractivity contribution in [1.29, 1.82) is 0 Å². The lowest BCUT2D eigenvalue weighted by Gasteiger charge is -2.15. The van der Waals surface area contributed by atoms with E-state index in [0.717, 1.165) is 23.4 Å². The van der Waals surface area contributed by atoms with E-state index in [2.05, 4.69) is 15.3 Å². The standard InChI is InChI=1S/C15H16FN5/c1-3-20(2)15-14-13(8-9-17-15)21(19-18-14)10-11-6-4-5-7-12(11)16/h4-9H,3,10H2,1-2H3. The number of fused-ring (bicyclic) bond motifs is 1. The minimum absolute atomic E-state index is 0.235. The van der Waals surface area contributed by atoms with Crippen molar-refractivity contribution in [2.75, 3.05) is 18.5 Å². The highest BCUT2D eigenvalue weighted by atomic mass is 19.1. The summed E-state index contributed by atoms with van der Waals surface area (Å²) in [6.07, 6.45) is 1.73. The van der Waals surface area contributed by atoms with Crippen molar-refractivity contribution in [1.82, 2.24) is 20.0 Å². The van der Waals surface area contributed by atoms with Gasteiger partial charge in [0.25, 0.3) is 0 Å². The lowest BCUT2D eigenvalue weighted by molar-refractivity contribution is 0.583. The average molecular weight is 285 g/mol. The summed E-state index contributed by atoms with van der Waals surface area (Å²) in [5.41, 5.74) is 2.17. The van der Waals surface area contributed by atoms with E-state index < -0.39 is 0 Å². The first-order valence-electron chi connectivity index (χ1n) is 6.83. The zero-order valence-corrected chi connectivity index (χ0v) is 12.0. The number of nitrogens with zero attached hydrogens (tertiary/aromatic N) is 5. The number of hydrogen-bond donors (Lipinski definition) is 0. The summed E-state index contributed by atoms with van der Waals surface area (Å²) < 4.78 is 15.5. The van der Waals surface area contributed by atoms with Crippen molar-refractivity contribution in [3.8, 4) is 0 Å². The van der Waals surface area contributed by atoms with Gasteiger partial charge in [-0.1, -0.05) is 23.4 Å². The van der Waals surface area contributed by atoms with Gasteiger partial charge in [0.1, 0.15) is 5.82 Å². The maximum Gasteiger partial charge on any atom is 0.158 e. The van der Waals surface area contributed by atoms with Crippen LogP contribution in [0, 0.1) is 5.82 Å². The summed E-state index contributed by atoms with van der Waals surface area (Å²) in [7, 11) is 1.96. The molecule has 3 rings (SSSR count). The van der Waals surface area contributed by atoms with Gasteiger partial charge in [0.2, 0.25) is 0 Å². The van der Waals surface area contributed by atoms with Crippen LogP contribution in [0.5, 0.6) is 0 Å². The van der Waals surface area contributed by atoms with Crippen molar-refractivity contribution < 1.29 is 4.39 Å². The molecule has 0 unspecified atom stereocenters. The average Bonchev–Trinajstić information content (AvgIpc) is 2.92. The number of halogens is 1. The monoisotopic (exact) mass is 285 g/mol. The minimum atomic E-state index is -0.235. The Morgan fingerprint density at radius 2 is 2.05 bits per heavy atom. The second-order valence-electron chi connectivity index (χ2n) is 4.85. The summed E-state index contributed by atoms with van der Waals surface area (Å²) in [5, 5.41) is 8.34. The number of pyridine rings is 1. The Morgan fingerprint density at radius 1 is 1.24 bits per heavy atom. The van der Waals surface area contributed by atoms with Crippen LogP contribution in [-0.2, 0) is 6.54 Å². The first-order chi connectivity index (χ1) is 10.2. The second-order valence-corrected chi connectivity index (χ2v) is 4.85. The quantitative estimate of drug-likeness (QED) is 0.739. The third kappa shape index (κ3) is 2.44. The van der Waals surface area contributed by atoms with Gasteiger partial charge in [0.15, 0.2) is 11.3 Å². The van der Waals surface area contributed by atoms with Crippen LogP contribution in [0.4, 0.5) is 10.2 Å². The fourth-order valence-corrected chi connectivity index (χ4v) is 2.22.